The van der Waals surface area contributed by atoms with Gasteiger partial charge in [-0.1, -0.05) is 0 Å². The predicted octanol–water partition coefficient (Wildman–Crippen LogP) is 0.539. The van der Waals surface area contributed by atoms with Gasteiger partial charge in [0.1, 0.15) is 6.73 Å². The van der Waals surface area contributed by atoms with Crippen molar-refractivity contribution >= 4 is 17.0 Å². The van der Waals surface area contributed by atoms with E-state index in [1.807, 2.05) is 0 Å². The van der Waals surface area contributed by atoms with Crippen molar-refractivity contribution in [1.82, 2.24) is 5.32 Å². The highest BCUT2D eigenvalue weighted by Crippen LogP contribution is 1.73. The van der Waals surface area contributed by atoms with Crippen LogP contribution in [0.4, 0.5) is 4.79 Å². The first kappa shape index (κ1) is 6.72. The van der Waals surface area contributed by atoms with Gasteiger partial charge in [-0.15, -0.1) is 0 Å². The molecule has 1 amide bonds. The third kappa shape index (κ3) is 5.72. The molecule has 0 aliphatic rings. The van der Waals surface area contributed by atoms with Gasteiger partial charge < -0.3 is 10.1 Å². The van der Waals surface area contributed by atoms with Crippen molar-refractivity contribution in [3.8, 4) is 0 Å². The first-order chi connectivity index (χ1) is 3.27. The summed E-state index contributed by atoms with van der Waals surface area (Å²) in [4.78, 5) is 9.78. The number of hydrogen-bond donors (Lipinski definition) is 1. The largest absolute Gasteiger partial charge is 0.364 e. The van der Waals surface area contributed by atoms with E-state index in [0.717, 1.165) is 0 Å². The molecular weight excluding hydrogens is 117 g/mol. The molecule has 0 rings (SSSR count). The maximum Gasteiger partial charge on any atom is 0.315 e. The minimum atomic E-state index is -0.596. The second-order valence-electron chi connectivity index (χ2n) is 0.883. The summed E-state index contributed by atoms with van der Waals surface area (Å²) in [6, 6.07) is 0. The maximum absolute atomic E-state index is 9.78. The fourth-order valence-electron chi connectivity index (χ4n) is 0.129. The van der Waals surface area contributed by atoms with Gasteiger partial charge in [-0.05, 0) is 11.6 Å². The Kier molecular flexibility index (Phi) is 3.74. The number of halogens is 1. The van der Waals surface area contributed by atoms with Crippen molar-refractivity contribution < 1.29 is 9.53 Å². The average molecular weight is 124 g/mol. The van der Waals surface area contributed by atoms with Gasteiger partial charge in [0.15, 0.2) is 0 Å². The molecular formula is C3H6ClNO2. The molecule has 0 aromatic carbocycles. The van der Waals surface area contributed by atoms with Crippen LogP contribution in [0.2, 0.25) is 0 Å². The smallest absolute Gasteiger partial charge is 0.315 e. The molecule has 0 aliphatic carbocycles. The summed E-state index contributed by atoms with van der Waals surface area (Å²) in [6.45, 7) is 0.169. The summed E-state index contributed by atoms with van der Waals surface area (Å²) in [5.41, 5.74) is 0. The zero-order valence-electron chi connectivity index (χ0n) is 3.90. The monoisotopic (exact) mass is 123 g/mol. The summed E-state index contributed by atoms with van der Waals surface area (Å²) >= 11 is 4.83. The lowest BCUT2D eigenvalue weighted by Gasteiger charge is -1.93. The Labute approximate surface area is 46.6 Å². The highest BCUT2D eigenvalue weighted by atomic mass is 35.5. The third-order valence-electron chi connectivity index (χ3n) is 0.355. The van der Waals surface area contributed by atoms with Crippen LogP contribution in [0, 0.1) is 0 Å². The van der Waals surface area contributed by atoms with Crippen LogP contribution in [0.15, 0.2) is 0 Å². The van der Waals surface area contributed by atoms with Crippen molar-refractivity contribution in [2.45, 2.75) is 0 Å². The van der Waals surface area contributed by atoms with E-state index in [9.17, 15) is 4.79 Å². The Morgan fingerprint density at radius 2 is 2.57 bits per heavy atom. The number of hydrogen-bond acceptors (Lipinski definition) is 2. The van der Waals surface area contributed by atoms with Gasteiger partial charge in [0.05, 0.1) is 0 Å². The molecule has 0 spiro atoms. The Morgan fingerprint density at radius 3 is 2.71 bits per heavy atom. The minimum Gasteiger partial charge on any atom is -0.364 e. The molecule has 42 valence electrons. The molecule has 0 atom stereocenters. The lowest BCUT2D eigenvalue weighted by atomic mass is 11.1. The SMILES string of the molecule is COCNC(=O)Cl. The van der Waals surface area contributed by atoms with E-state index in [0.29, 0.717) is 0 Å². The van der Waals surface area contributed by atoms with Crippen LogP contribution >= 0.6 is 11.6 Å². The predicted molar refractivity (Wildman–Crippen MR) is 26.3 cm³/mol. The zero-order chi connectivity index (χ0) is 5.70. The summed E-state index contributed by atoms with van der Waals surface area (Å²) in [5, 5.41) is 1.60. The Morgan fingerprint density at radius 1 is 2.00 bits per heavy atom. The lowest BCUT2D eigenvalue weighted by molar-refractivity contribution is 0.179. The molecule has 0 heterocycles. The van der Waals surface area contributed by atoms with Crippen molar-refractivity contribution in [2.75, 3.05) is 13.8 Å². The van der Waals surface area contributed by atoms with E-state index >= 15 is 0 Å². The molecule has 3 nitrogen and oxygen atoms in total. The minimum absolute atomic E-state index is 0.169. The number of methoxy groups -OCH3 is 1. The second-order valence-corrected chi connectivity index (χ2v) is 1.23. The van der Waals surface area contributed by atoms with Gasteiger partial charge in [0.2, 0.25) is 0 Å². The van der Waals surface area contributed by atoms with Crippen LogP contribution in [-0.2, 0) is 4.74 Å². The van der Waals surface area contributed by atoms with Crippen LogP contribution < -0.4 is 5.32 Å². The van der Waals surface area contributed by atoms with E-state index in [1.165, 1.54) is 7.11 Å². The highest BCUT2D eigenvalue weighted by Gasteiger charge is 1.86. The third-order valence-corrected chi connectivity index (χ3v) is 0.489. The van der Waals surface area contributed by atoms with Crippen LogP contribution in [-0.4, -0.2) is 19.2 Å². The molecule has 0 aromatic rings. The molecule has 1 N–H and O–H groups in total. The number of carbonyl (C=O) groups excluding carboxylic acids is 1. The van der Waals surface area contributed by atoms with Crippen molar-refractivity contribution in [3.63, 3.8) is 0 Å². The zero-order valence-corrected chi connectivity index (χ0v) is 4.66. The normalized spacial score (nSPS) is 8.29. The van der Waals surface area contributed by atoms with Gasteiger partial charge >= 0.3 is 5.37 Å². The average Bonchev–Trinajstić information content (AvgIpc) is 1.61. The van der Waals surface area contributed by atoms with E-state index in [4.69, 9.17) is 11.6 Å². The second kappa shape index (κ2) is 3.89. The highest BCUT2D eigenvalue weighted by molar-refractivity contribution is 6.62. The standard InChI is InChI=1S/C3H6ClNO2/c1-7-2-5-3(4)6/h2H2,1H3,(H,5,6). The number of carbonyl (C=O) groups is 1. The number of nitrogens with one attached hydrogen (secondary N) is 1. The van der Waals surface area contributed by atoms with Gasteiger partial charge in [0.25, 0.3) is 0 Å². The summed E-state index contributed by atoms with van der Waals surface area (Å²) in [7, 11) is 1.47. The molecule has 0 saturated carbocycles. The van der Waals surface area contributed by atoms with E-state index in [-0.39, 0.29) is 6.73 Å². The van der Waals surface area contributed by atoms with Crippen molar-refractivity contribution in [2.24, 2.45) is 0 Å². The maximum atomic E-state index is 9.78. The number of ether oxygens (including phenoxy) is 1. The van der Waals surface area contributed by atoms with Crippen LogP contribution in [0.1, 0.15) is 0 Å². The van der Waals surface area contributed by atoms with Gasteiger partial charge in [0, 0.05) is 7.11 Å². The van der Waals surface area contributed by atoms with Gasteiger partial charge in [-0.2, -0.15) is 0 Å². The topological polar surface area (TPSA) is 38.3 Å². The lowest BCUT2D eigenvalue weighted by Crippen LogP contribution is -2.18. The molecule has 4 heteroatoms. The fraction of sp³-hybridized carbons (Fsp3) is 0.667. The van der Waals surface area contributed by atoms with E-state index in [2.05, 4.69) is 10.1 Å². The molecule has 0 aromatic heterocycles. The Hall–Kier alpha value is -0.280. The molecule has 0 bridgehead atoms. The molecule has 0 unspecified atom stereocenters. The first-order valence-corrected chi connectivity index (χ1v) is 2.07. The fourth-order valence-corrected chi connectivity index (χ4v) is 0.183. The molecule has 0 aliphatic heterocycles. The van der Waals surface area contributed by atoms with Crippen LogP contribution in [0.5, 0.6) is 0 Å². The molecule has 7 heavy (non-hydrogen) atoms. The summed E-state index contributed by atoms with van der Waals surface area (Å²) in [5.74, 6) is 0. The van der Waals surface area contributed by atoms with Crippen LogP contribution in [0.25, 0.3) is 0 Å². The quantitative estimate of drug-likeness (QED) is 0.331. The molecule has 0 radical (unpaired) electrons. The van der Waals surface area contributed by atoms with E-state index in [1.54, 1.807) is 0 Å². The van der Waals surface area contributed by atoms with Crippen LogP contribution in [0.3, 0.4) is 0 Å². The van der Waals surface area contributed by atoms with Gasteiger partial charge in [-0.3, -0.25) is 4.79 Å². The summed E-state index contributed by atoms with van der Waals surface area (Å²) < 4.78 is 4.44. The van der Waals surface area contributed by atoms with Gasteiger partial charge in [-0.25, -0.2) is 0 Å². The molecule has 0 saturated heterocycles. The number of rotatable bonds is 2. The van der Waals surface area contributed by atoms with E-state index < -0.39 is 5.37 Å². The molecule has 0 fully saturated rings. The summed E-state index contributed by atoms with van der Waals surface area (Å²) in [6.07, 6.45) is 0. The van der Waals surface area contributed by atoms with Crippen molar-refractivity contribution in [1.29, 1.82) is 0 Å². The Balaban J connectivity index is 2.82. The Bertz CT molecular complexity index is 66.0. The number of amides is 1. The first-order valence-electron chi connectivity index (χ1n) is 1.69. The van der Waals surface area contributed by atoms with Crippen molar-refractivity contribution in [3.05, 3.63) is 0 Å².